The number of carbonyl (C=O) groups excluding carboxylic acids is 1. The molecule has 0 aliphatic rings. The number of benzene rings is 2. The summed E-state index contributed by atoms with van der Waals surface area (Å²) in [5.41, 5.74) is 3.32. The van der Waals surface area contributed by atoms with Crippen LogP contribution in [0.25, 0.3) is 0 Å². The van der Waals surface area contributed by atoms with Crippen LogP contribution in [0, 0.1) is 13.8 Å². The zero-order chi connectivity index (χ0) is 22.6. The lowest BCUT2D eigenvalue weighted by atomic mass is 10.0. The highest BCUT2D eigenvalue weighted by atomic mass is 32.2. The molecule has 30 heavy (non-hydrogen) atoms. The van der Waals surface area contributed by atoms with Gasteiger partial charge in [-0.2, -0.15) is 0 Å². The van der Waals surface area contributed by atoms with E-state index in [9.17, 15) is 13.2 Å². The van der Waals surface area contributed by atoms with Gasteiger partial charge in [-0.1, -0.05) is 23.8 Å². The number of rotatable bonds is 8. The maximum absolute atomic E-state index is 12.8. The Hall–Kier alpha value is -2.42. The van der Waals surface area contributed by atoms with Crippen LogP contribution < -0.4 is 15.4 Å². The molecule has 0 unspecified atom stereocenters. The molecular weight excluding hydrogens is 402 g/mol. The van der Waals surface area contributed by atoms with E-state index in [1.54, 1.807) is 20.1 Å². The van der Waals surface area contributed by atoms with E-state index in [-0.39, 0.29) is 16.8 Å². The summed E-state index contributed by atoms with van der Waals surface area (Å²) in [5, 5.41) is 6.12. The lowest BCUT2D eigenvalue weighted by Gasteiger charge is -2.22. The molecule has 2 N–H and O–H groups in total. The topological polar surface area (TPSA) is 87.7 Å². The summed E-state index contributed by atoms with van der Waals surface area (Å²) in [6.07, 6.45) is 0. The van der Waals surface area contributed by atoms with Crippen molar-refractivity contribution in [2.24, 2.45) is 0 Å². The Morgan fingerprint density at radius 3 is 2.33 bits per heavy atom. The maximum atomic E-state index is 12.8. The fraction of sp³-hybridized carbons (Fsp3) is 0.409. The first-order valence-corrected chi connectivity index (χ1v) is 11.2. The van der Waals surface area contributed by atoms with Gasteiger partial charge in [0.25, 0.3) is 0 Å². The molecule has 0 bridgehead atoms. The lowest BCUT2D eigenvalue weighted by molar-refractivity contribution is -0.117. The van der Waals surface area contributed by atoms with Gasteiger partial charge in [0.15, 0.2) is 0 Å². The maximum Gasteiger partial charge on any atom is 0.242 e. The summed E-state index contributed by atoms with van der Waals surface area (Å²) in [6, 6.07) is 9.98. The Balaban J connectivity index is 2.17. The Labute approximate surface area is 179 Å². The van der Waals surface area contributed by atoms with E-state index in [0.29, 0.717) is 5.69 Å². The highest BCUT2D eigenvalue weighted by Crippen LogP contribution is 2.27. The van der Waals surface area contributed by atoms with Crippen molar-refractivity contribution < 1.29 is 17.9 Å². The number of hydrogen-bond acceptors (Lipinski definition) is 5. The van der Waals surface area contributed by atoms with Crippen LogP contribution in [-0.4, -0.2) is 45.9 Å². The van der Waals surface area contributed by atoms with Gasteiger partial charge in [0.2, 0.25) is 15.9 Å². The predicted molar refractivity (Wildman–Crippen MR) is 119 cm³/mol. The molecule has 164 valence electrons. The normalized spacial score (nSPS) is 13.7. The van der Waals surface area contributed by atoms with Gasteiger partial charge in [0.1, 0.15) is 5.75 Å². The highest BCUT2D eigenvalue weighted by molar-refractivity contribution is 7.89. The van der Waals surface area contributed by atoms with E-state index in [1.807, 2.05) is 39.0 Å². The molecule has 8 heteroatoms. The first kappa shape index (κ1) is 23.9. The molecule has 0 saturated carbocycles. The van der Waals surface area contributed by atoms with Crippen LogP contribution >= 0.6 is 0 Å². The first-order chi connectivity index (χ1) is 14.0. The van der Waals surface area contributed by atoms with Crippen molar-refractivity contribution in [3.05, 3.63) is 53.1 Å². The van der Waals surface area contributed by atoms with Crippen LogP contribution in [-0.2, 0) is 14.8 Å². The summed E-state index contributed by atoms with van der Waals surface area (Å²) in [7, 11) is 0.978. The number of nitrogens with one attached hydrogen (secondary N) is 2. The minimum atomic E-state index is -3.59. The molecule has 0 spiro atoms. The summed E-state index contributed by atoms with van der Waals surface area (Å²) >= 11 is 0. The standard InChI is InChI=1S/C22H31N3O4S/c1-14-8-11-21(29-7)19(12-14)16(3)23-17(4)22(26)24-20-13-18(10-9-15(20)2)30(27,28)25(5)6/h8-13,16-17,23H,1-7H3,(H,24,26)/t16-,17+/m1/s1. The molecule has 2 aromatic rings. The molecule has 0 fully saturated rings. The van der Waals surface area contributed by atoms with Crippen LogP contribution in [0.1, 0.15) is 36.6 Å². The van der Waals surface area contributed by atoms with Gasteiger partial charge in [-0.25, -0.2) is 12.7 Å². The average Bonchev–Trinajstić information content (AvgIpc) is 2.69. The van der Waals surface area contributed by atoms with Crippen molar-refractivity contribution in [3.63, 3.8) is 0 Å². The van der Waals surface area contributed by atoms with Crippen LogP contribution in [0.3, 0.4) is 0 Å². The molecule has 2 atom stereocenters. The van der Waals surface area contributed by atoms with Crippen LogP contribution in [0.5, 0.6) is 5.75 Å². The molecular formula is C22H31N3O4S. The largest absolute Gasteiger partial charge is 0.496 e. The van der Waals surface area contributed by atoms with Crippen LogP contribution in [0.4, 0.5) is 5.69 Å². The number of ether oxygens (including phenoxy) is 1. The number of methoxy groups -OCH3 is 1. The number of nitrogens with zero attached hydrogens (tertiary/aromatic N) is 1. The van der Waals surface area contributed by atoms with E-state index >= 15 is 0 Å². The molecule has 7 nitrogen and oxygen atoms in total. The van der Waals surface area contributed by atoms with Gasteiger partial charge in [0, 0.05) is 31.4 Å². The van der Waals surface area contributed by atoms with Gasteiger partial charge >= 0.3 is 0 Å². The Morgan fingerprint density at radius 1 is 1.07 bits per heavy atom. The number of amides is 1. The number of anilines is 1. The minimum Gasteiger partial charge on any atom is -0.496 e. The third-order valence-corrected chi connectivity index (χ3v) is 6.80. The predicted octanol–water partition coefficient (Wildman–Crippen LogP) is 3.24. The van der Waals surface area contributed by atoms with Gasteiger partial charge in [-0.05, 0) is 51.5 Å². The molecule has 0 radical (unpaired) electrons. The van der Waals surface area contributed by atoms with E-state index in [2.05, 4.69) is 10.6 Å². The molecule has 0 aromatic heterocycles. The van der Waals surface area contributed by atoms with Crippen molar-refractivity contribution in [3.8, 4) is 5.75 Å². The first-order valence-electron chi connectivity index (χ1n) is 9.72. The van der Waals surface area contributed by atoms with Gasteiger partial charge < -0.3 is 10.1 Å². The number of sulfonamides is 1. The third-order valence-electron chi connectivity index (χ3n) is 4.99. The molecule has 0 heterocycles. The zero-order valence-electron chi connectivity index (χ0n) is 18.6. The second kappa shape index (κ2) is 9.59. The van der Waals surface area contributed by atoms with Crippen LogP contribution in [0.15, 0.2) is 41.3 Å². The zero-order valence-corrected chi connectivity index (χ0v) is 19.4. The average molecular weight is 434 g/mol. The summed E-state index contributed by atoms with van der Waals surface area (Å²) in [4.78, 5) is 12.9. The Morgan fingerprint density at radius 2 is 1.73 bits per heavy atom. The van der Waals surface area contributed by atoms with Crippen molar-refractivity contribution in [2.75, 3.05) is 26.5 Å². The van der Waals surface area contributed by atoms with E-state index < -0.39 is 16.1 Å². The molecule has 0 saturated heterocycles. The van der Waals surface area contributed by atoms with Crippen LogP contribution in [0.2, 0.25) is 0 Å². The fourth-order valence-electron chi connectivity index (χ4n) is 3.08. The van der Waals surface area contributed by atoms with E-state index in [4.69, 9.17) is 4.74 Å². The summed E-state index contributed by atoms with van der Waals surface area (Å²) in [5.74, 6) is 0.501. The Kier molecular flexibility index (Phi) is 7.63. The van der Waals surface area contributed by atoms with Crippen molar-refractivity contribution in [1.29, 1.82) is 0 Å². The quantitative estimate of drug-likeness (QED) is 0.667. The molecule has 2 rings (SSSR count). The summed E-state index contributed by atoms with van der Waals surface area (Å²) in [6.45, 7) is 7.56. The molecule has 0 aliphatic carbocycles. The molecule has 0 aliphatic heterocycles. The third kappa shape index (κ3) is 5.38. The van der Waals surface area contributed by atoms with Gasteiger partial charge in [-0.3, -0.25) is 10.1 Å². The monoisotopic (exact) mass is 433 g/mol. The minimum absolute atomic E-state index is 0.123. The second-order valence-corrected chi connectivity index (χ2v) is 9.76. The summed E-state index contributed by atoms with van der Waals surface area (Å²) < 4.78 is 31.4. The fourth-order valence-corrected chi connectivity index (χ4v) is 4.01. The Bertz CT molecular complexity index is 1020. The molecule has 2 aromatic carbocycles. The smallest absolute Gasteiger partial charge is 0.242 e. The highest BCUT2D eigenvalue weighted by Gasteiger charge is 2.21. The number of hydrogen-bond donors (Lipinski definition) is 2. The van der Waals surface area contributed by atoms with Gasteiger partial charge in [-0.15, -0.1) is 0 Å². The molecule has 1 amide bonds. The number of aryl methyl sites for hydroxylation is 2. The van der Waals surface area contributed by atoms with E-state index in [0.717, 1.165) is 26.7 Å². The lowest BCUT2D eigenvalue weighted by Crippen LogP contribution is -2.39. The van der Waals surface area contributed by atoms with Crippen molar-refractivity contribution >= 4 is 21.6 Å². The van der Waals surface area contributed by atoms with Gasteiger partial charge in [0.05, 0.1) is 18.0 Å². The SMILES string of the molecule is COc1ccc(C)cc1[C@@H](C)N[C@@H](C)C(=O)Nc1cc(S(=O)(=O)N(C)C)ccc1C. The number of carbonyl (C=O) groups is 1. The van der Waals surface area contributed by atoms with Crippen molar-refractivity contribution in [2.45, 2.75) is 44.7 Å². The second-order valence-electron chi connectivity index (χ2n) is 7.61. The van der Waals surface area contributed by atoms with Crippen molar-refractivity contribution in [1.82, 2.24) is 9.62 Å². The van der Waals surface area contributed by atoms with E-state index in [1.165, 1.54) is 26.2 Å².